The predicted octanol–water partition coefficient (Wildman–Crippen LogP) is 1.42. The van der Waals surface area contributed by atoms with Crippen LogP contribution in [0.2, 0.25) is 0 Å². The number of carbonyl (C=O) groups is 2. The number of carboxylic acid groups (broad SMARTS) is 1. The summed E-state index contributed by atoms with van der Waals surface area (Å²) in [6.45, 7) is 2.52. The highest BCUT2D eigenvalue weighted by molar-refractivity contribution is 9.10. The third kappa shape index (κ3) is 3.72. The Morgan fingerprint density at radius 1 is 1.57 bits per heavy atom. The molecule has 0 unspecified atom stereocenters. The number of nitrogens with one attached hydrogen (secondary N) is 2. The van der Waals surface area contributed by atoms with E-state index < -0.39 is 17.9 Å². The average Bonchev–Trinajstić information content (AvgIpc) is 3.06. The van der Waals surface area contributed by atoms with Gasteiger partial charge in [0.2, 0.25) is 0 Å². The number of carbonyl (C=O) groups excluding carboxylic acids is 1. The first kappa shape index (κ1) is 15.3. The predicted molar refractivity (Wildman–Crippen MR) is 79.0 cm³/mol. The molecule has 0 bridgehead atoms. The molecule has 0 saturated heterocycles. The van der Waals surface area contributed by atoms with Gasteiger partial charge in [-0.25, -0.2) is 9.78 Å². The van der Waals surface area contributed by atoms with Gasteiger partial charge in [0, 0.05) is 35.5 Å². The summed E-state index contributed by atoms with van der Waals surface area (Å²) in [7, 11) is 0. The smallest absolute Gasteiger partial charge is 0.326 e. The van der Waals surface area contributed by atoms with Gasteiger partial charge < -0.3 is 20.0 Å². The van der Waals surface area contributed by atoms with Crippen LogP contribution in [0.4, 0.5) is 0 Å². The van der Waals surface area contributed by atoms with Crippen molar-refractivity contribution in [1.29, 1.82) is 0 Å². The van der Waals surface area contributed by atoms with Crippen molar-refractivity contribution in [2.45, 2.75) is 25.9 Å². The summed E-state index contributed by atoms with van der Waals surface area (Å²) >= 11 is 3.31. The number of imidazole rings is 1. The van der Waals surface area contributed by atoms with Gasteiger partial charge in [-0.2, -0.15) is 0 Å². The van der Waals surface area contributed by atoms with E-state index in [9.17, 15) is 14.7 Å². The highest BCUT2D eigenvalue weighted by Gasteiger charge is 2.23. The molecule has 2 aromatic rings. The van der Waals surface area contributed by atoms with Crippen LogP contribution in [0.25, 0.3) is 0 Å². The zero-order valence-electron chi connectivity index (χ0n) is 11.3. The van der Waals surface area contributed by atoms with E-state index in [0.717, 1.165) is 4.47 Å². The van der Waals surface area contributed by atoms with Crippen LogP contribution in [0, 0.1) is 0 Å². The number of amides is 1. The molecule has 112 valence electrons. The van der Waals surface area contributed by atoms with Crippen LogP contribution in [0.15, 0.2) is 29.3 Å². The Balaban J connectivity index is 2.12. The second kappa shape index (κ2) is 6.57. The molecule has 8 heteroatoms. The molecule has 1 atom stereocenters. The maximum absolute atomic E-state index is 12.2. The van der Waals surface area contributed by atoms with Crippen LogP contribution < -0.4 is 5.32 Å². The zero-order valence-corrected chi connectivity index (χ0v) is 12.9. The highest BCUT2D eigenvalue weighted by atomic mass is 79.9. The van der Waals surface area contributed by atoms with E-state index in [1.807, 2.05) is 6.92 Å². The largest absolute Gasteiger partial charge is 0.480 e. The average molecular weight is 355 g/mol. The van der Waals surface area contributed by atoms with E-state index >= 15 is 0 Å². The van der Waals surface area contributed by atoms with E-state index in [1.54, 1.807) is 16.8 Å². The highest BCUT2D eigenvalue weighted by Crippen LogP contribution is 2.15. The van der Waals surface area contributed by atoms with Gasteiger partial charge in [-0.1, -0.05) is 0 Å². The lowest BCUT2D eigenvalue weighted by Gasteiger charge is -2.14. The number of aromatic nitrogens is 3. The van der Waals surface area contributed by atoms with Crippen molar-refractivity contribution in [3.63, 3.8) is 0 Å². The first-order valence-electron chi connectivity index (χ1n) is 6.37. The number of aromatic amines is 1. The number of nitrogens with zero attached hydrogens (tertiary/aromatic N) is 2. The number of halogens is 1. The third-order valence-corrected chi connectivity index (χ3v) is 3.45. The number of hydrogen-bond donors (Lipinski definition) is 3. The molecule has 0 fully saturated rings. The fourth-order valence-corrected chi connectivity index (χ4v) is 2.44. The van der Waals surface area contributed by atoms with Crippen molar-refractivity contribution < 1.29 is 14.7 Å². The maximum Gasteiger partial charge on any atom is 0.326 e. The first-order valence-corrected chi connectivity index (χ1v) is 7.17. The summed E-state index contributed by atoms with van der Waals surface area (Å²) < 4.78 is 2.52. The fraction of sp³-hybridized carbons (Fsp3) is 0.308. The Kier molecular flexibility index (Phi) is 4.79. The van der Waals surface area contributed by atoms with Crippen LogP contribution in [0.3, 0.4) is 0 Å². The summed E-state index contributed by atoms with van der Waals surface area (Å²) in [5.74, 6) is -1.51. The van der Waals surface area contributed by atoms with Crippen LogP contribution in [-0.4, -0.2) is 37.6 Å². The second-order valence-electron chi connectivity index (χ2n) is 4.47. The molecule has 0 aliphatic carbocycles. The summed E-state index contributed by atoms with van der Waals surface area (Å²) in [6.07, 6.45) is 4.93. The van der Waals surface area contributed by atoms with E-state index in [-0.39, 0.29) is 6.42 Å². The molecule has 2 rings (SSSR count). The minimum absolute atomic E-state index is 0.148. The van der Waals surface area contributed by atoms with Gasteiger partial charge in [0.15, 0.2) is 0 Å². The molecule has 0 spiro atoms. The molecule has 2 heterocycles. The van der Waals surface area contributed by atoms with Gasteiger partial charge in [-0.05, 0) is 28.9 Å². The lowest BCUT2D eigenvalue weighted by Crippen LogP contribution is -2.43. The molecule has 1 amide bonds. The van der Waals surface area contributed by atoms with Gasteiger partial charge in [-0.3, -0.25) is 4.79 Å². The van der Waals surface area contributed by atoms with Gasteiger partial charge in [-0.15, -0.1) is 0 Å². The van der Waals surface area contributed by atoms with Crippen LogP contribution in [0.5, 0.6) is 0 Å². The van der Waals surface area contributed by atoms with Crippen LogP contribution in [-0.2, 0) is 17.8 Å². The lowest BCUT2D eigenvalue weighted by molar-refractivity contribution is -0.139. The summed E-state index contributed by atoms with van der Waals surface area (Å²) in [6, 6.07) is 0.644. The molecule has 3 N–H and O–H groups in total. The standard InChI is InChI=1S/C13H15BrN4O3/c1-2-18-6-8(14)3-11(18)12(19)17-10(13(20)21)4-9-5-15-7-16-9/h3,5-7,10H,2,4H2,1H3,(H,15,16)(H,17,19)(H,20,21)/t10-/m1/s1. The van der Waals surface area contributed by atoms with Gasteiger partial charge in [0.05, 0.1) is 6.33 Å². The maximum atomic E-state index is 12.2. The Labute approximate surface area is 129 Å². The topological polar surface area (TPSA) is 100 Å². The van der Waals surface area contributed by atoms with Crippen molar-refractivity contribution in [3.05, 3.63) is 40.6 Å². The molecule has 2 aromatic heterocycles. The number of carboxylic acids is 1. The quantitative estimate of drug-likeness (QED) is 0.730. The van der Waals surface area contributed by atoms with Gasteiger partial charge in [0.25, 0.3) is 5.91 Å². The molecule has 0 saturated carbocycles. The van der Waals surface area contributed by atoms with Crippen molar-refractivity contribution in [2.75, 3.05) is 0 Å². The van der Waals surface area contributed by atoms with Crippen LogP contribution >= 0.6 is 15.9 Å². The molecule has 0 aliphatic heterocycles. The Morgan fingerprint density at radius 2 is 2.33 bits per heavy atom. The van der Waals surface area contributed by atoms with Gasteiger partial charge in [0.1, 0.15) is 11.7 Å². The van der Waals surface area contributed by atoms with E-state index in [4.69, 9.17) is 0 Å². The molecule has 21 heavy (non-hydrogen) atoms. The summed E-state index contributed by atoms with van der Waals surface area (Å²) in [5.41, 5.74) is 1.06. The SMILES string of the molecule is CCn1cc(Br)cc1C(=O)N[C@H](Cc1cnc[nH]1)C(=O)O. The molecular formula is C13H15BrN4O3. The van der Waals surface area contributed by atoms with Crippen molar-refractivity contribution in [1.82, 2.24) is 19.9 Å². The monoisotopic (exact) mass is 354 g/mol. The number of aliphatic carboxylic acids is 1. The van der Waals surface area contributed by atoms with Crippen LogP contribution in [0.1, 0.15) is 23.1 Å². The number of hydrogen-bond acceptors (Lipinski definition) is 3. The Hall–Kier alpha value is -2.09. The van der Waals surface area contributed by atoms with E-state index in [1.165, 1.54) is 12.5 Å². The molecule has 0 aromatic carbocycles. The molecule has 0 radical (unpaired) electrons. The van der Waals surface area contributed by atoms with E-state index in [0.29, 0.717) is 17.9 Å². The fourth-order valence-electron chi connectivity index (χ4n) is 1.98. The minimum Gasteiger partial charge on any atom is -0.480 e. The normalized spacial score (nSPS) is 12.1. The zero-order chi connectivity index (χ0) is 15.4. The molecule has 0 aliphatic rings. The first-order chi connectivity index (χ1) is 10.0. The molecular weight excluding hydrogens is 340 g/mol. The summed E-state index contributed by atoms with van der Waals surface area (Å²) in [5, 5.41) is 11.8. The Morgan fingerprint density at radius 3 is 2.90 bits per heavy atom. The Bertz CT molecular complexity index is 636. The number of aryl methyl sites for hydroxylation is 1. The number of H-pyrrole nitrogens is 1. The van der Waals surface area contributed by atoms with Gasteiger partial charge >= 0.3 is 5.97 Å². The summed E-state index contributed by atoms with van der Waals surface area (Å²) in [4.78, 5) is 30.2. The molecule has 7 nitrogen and oxygen atoms in total. The number of rotatable bonds is 6. The third-order valence-electron chi connectivity index (χ3n) is 3.02. The lowest BCUT2D eigenvalue weighted by atomic mass is 10.1. The van der Waals surface area contributed by atoms with Crippen molar-refractivity contribution in [2.24, 2.45) is 0 Å². The van der Waals surface area contributed by atoms with E-state index in [2.05, 4.69) is 31.2 Å². The minimum atomic E-state index is -1.09. The van der Waals surface area contributed by atoms with Crippen molar-refractivity contribution >= 4 is 27.8 Å². The second-order valence-corrected chi connectivity index (χ2v) is 5.39. The van der Waals surface area contributed by atoms with Crippen molar-refractivity contribution in [3.8, 4) is 0 Å².